The summed E-state index contributed by atoms with van der Waals surface area (Å²) in [6.45, 7) is 5.60. The molecule has 4 aliphatic heterocycles. The number of fused-ring (bicyclic) bond motifs is 1. The third-order valence-corrected chi connectivity index (χ3v) is 7.42. The highest BCUT2D eigenvalue weighted by Gasteiger charge is 2.97. The topological polar surface area (TPSA) is 129 Å². The molecule has 2 aliphatic carbocycles. The predicted octanol–water partition coefficient (Wildman–Crippen LogP) is -0.0490. The van der Waals surface area contributed by atoms with Gasteiger partial charge in [0.1, 0.15) is 11.9 Å². The predicted molar refractivity (Wildman–Crippen MR) is 92.4 cm³/mol. The Labute approximate surface area is 166 Å². The van der Waals surface area contributed by atoms with Gasteiger partial charge in [-0.2, -0.15) is 0 Å². The monoisotopic (exact) mass is 406 g/mol. The molecule has 1 saturated carbocycles. The van der Waals surface area contributed by atoms with Crippen LogP contribution in [0.5, 0.6) is 0 Å². The van der Waals surface area contributed by atoms with Crippen LogP contribution in [0.2, 0.25) is 0 Å². The fraction of sp³-hybridized carbons (Fsp3) is 0.650. The SMILES string of the molecule is C.CC(C)(C)[C@@H]1[C@@H](O)C2OC(=O)[C@@]34O[C@@H]5OC(=O)[C@H](O)C51C23C=C1OC(=O)C=C14. The molecule has 6 aliphatic rings. The zero-order valence-electron chi connectivity index (χ0n) is 15.3. The van der Waals surface area contributed by atoms with Crippen molar-refractivity contribution in [1.82, 2.24) is 0 Å². The minimum Gasteiger partial charge on any atom is -0.456 e. The summed E-state index contributed by atoms with van der Waals surface area (Å²) in [6.07, 6.45) is -2.51. The highest BCUT2D eigenvalue weighted by molar-refractivity contribution is 6.00. The summed E-state index contributed by atoms with van der Waals surface area (Å²) in [5.74, 6) is -2.90. The maximum Gasteiger partial charge on any atom is 0.344 e. The lowest BCUT2D eigenvalue weighted by Gasteiger charge is -2.45. The highest BCUT2D eigenvalue weighted by atomic mass is 16.7. The van der Waals surface area contributed by atoms with Gasteiger partial charge in [0.2, 0.25) is 11.9 Å². The lowest BCUT2D eigenvalue weighted by Crippen LogP contribution is -2.57. The number of aliphatic hydroxyl groups is 2. The number of hydrogen-bond donors (Lipinski definition) is 2. The van der Waals surface area contributed by atoms with Crippen LogP contribution >= 0.6 is 0 Å². The number of ether oxygens (including phenoxy) is 4. The van der Waals surface area contributed by atoms with Gasteiger partial charge in [0.15, 0.2) is 6.10 Å². The van der Waals surface area contributed by atoms with Crippen LogP contribution in [-0.2, 0) is 33.3 Å². The number of aliphatic hydroxyl groups excluding tert-OH is 2. The van der Waals surface area contributed by atoms with Gasteiger partial charge in [-0.3, -0.25) is 0 Å². The van der Waals surface area contributed by atoms with Crippen LogP contribution in [0.4, 0.5) is 0 Å². The molecule has 4 fully saturated rings. The van der Waals surface area contributed by atoms with E-state index in [2.05, 4.69) is 0 Å². The van der Waals surface area contributed by atoms with E-state index < -0.39 is 70.3 Å². The van der Waals surface area contributed by atoms with Gasteiger partial charge in [-0.05, 0) is 11.5 Å². The maximum atomic E-state index is 13.1. The Morgan fingerprint density at radius 3 is 2.45 bits per heavy atom. The quantitative estimate of drug-likeness (QED) is 0.420. The molecule has 0 radical (unpaired) electrons. The van der Waals surface area contributed by atoms with E-state index in [1.165, 1.54) is 6.08 Å². The van der Waals surface area contributed by atoms with E-state index in [4.69, 9.17) is 18.9 Å². The second-order valence-electron chi connectivity index (χ2n) is 9.42. The third-order valence-electron chi connectivity index (χ3n) is 7.42. The third kappa shape index (κ3) is 1.46. The van der Waals surface area contributed by atoms with E-state index in [1.807, 2.05) is 20.8 Å². The summed E-state index contributed by atoms with van der Waals surface area (Å²) in [5.41, 5.74) is -5.16. The molecule has 2 spiro atoms. The molecule has 6 rings (SSSR count). The summed E-state index contributed by atoms with van der Waals surface area (Å²) < 4.78 is 22.3. The Morgan fingerprint density at radius 1 is 1.10 bits per heavy atom. The summed E-state index contributed by atoms with van der Waals surface area (Å²) in [5, 5.41) is 22.4. The van der Waals surface area contributed by atoms with Crippen molar-refractivity contribution in [3.63, 3.8) is 0 Å². The Morgan fingerprint density at radius 2 is 1.79 bits per heavy atom. The first-order valence-electron chi connectivity index (χ1n) is 9.16. The van der Waals surface area contributed by atoms with Crippen LogP contribution < -0.4 is 0 Å². The van der Waals surface area contributed by atoms with Crippen molar-refractivity contribution >= 4 is 17.9 Å². The van der Waals surface area contributed by atoms with Gasteiger partial charge in [0.05, 0.1) is 16.9 Å². The molecular weight excluding hydrogens is 384 g/mol. The van der Waals surface area contributed by atoms with E-state index in [1.54, 1.807) is 0 Å². The molecule has 9 nitrogen and oxygen atoms in total. The van der Waals surface area contributed by atoms with Crippen LogP contribution in [0.15, 0.2) is 23.5 Å². The van der Waals surface area contributed by atoms with Gasteiger partial charge in [-0.25, -0.2) is 14.4 Å². The van der Waals surface area contributed by atoms with Gasteiger partial charge >= 0.3 is 17.9 Å². The summed E-state index contributed by atoms with van der Waals surface area (Å²) >= 11 is 0. The fourth-order valence-electron chi connectivity index (χ4n) is 6.93. The van der Waals surface area contributed by atoms with Gasteiger partial charge in [-0.1, -0.05) is 28.2 Å². The van der Waals surface area contributed by atoms with Crippen LogP contribution in [0.3, 0.4) is 0 Å². The molecule has 9 heteroatoms. The molecule has 2 N–H and O–H groups in total. The zero-order valence-corrected chi connectivity index (χ0v) is 15.3. The second-order valence-corrected chi connectivity index (χ2v) is 9.42. The maximum absolute atomic E-state index is 13.1. The molecule has 29 heavy (non-hydrogen) atoms. The van der Waals surface area contributed by atoms with E-state index in [9.17, 15) is 24.6 Å². The molecule has 4 heterocycles. The van der Waals surface area contributed by atoms with Crippen molar-refractivity contribution < 1.29 is 43.5 Å². The van der Waals surface area contributed by atoms with Crippen LogP contribution in [0.1, 0.15) is 28.2 Å². The van der Waals surface area contributed by atoms with Crippen LogP contribution in [0.25, 0.3) is 0 Å². The van der Waals surface area contributed by atoms with Crippen molar-refractivity contribution in [2.24, 2.45) is 22.2 Å². The molecule has 3 saturated heterocycles. The first kappa shape index (κ1) is 18.8. The lowest BCUT2D eigenvalue weighted by atomic mass is 9.52. The number of rotatable bonds is 0. The zero-order chi connectivity index (χ0) is 20.0. The summed E-state index contributed by atoms with van der Waals surface area (Å²) in [6, 6.07) is 0. The fourth-order valence-corrected chi connectivity index (χ4v) is 6.93. The highest BCUT2D eigenvalue weighted by Crippen LogP contribution is 2.82. The molecule has 0 aromatic rings. The molecule has 0 aromatic carbocycles. The van der Waals surface area contributed by atoms with Crippen molar-refractivity contribution in [2.45, 2.75) is 58.4 Å². The normalized spacial score (nSPS) is 50.7. The Kier molecular flexibility index (Phi) is 3.07. The Balaban J connectivity index is 0.00000181. The molecule has 0 amide bonds. The average Bonchev–Trinajstić information content (AvgIpc) is 3.29. The number of carbonyl (C=O) groups is 3. The second kappa shape index (κ2) is 4.74. The van der Waals surface area contributed by atoms with E-state index in [0.29, 0.717) is 0 Å². The van der Waals surface area contributed by atoms with Gasteiger partial charge in [0.25, 0.3) is 0 Å². The van der Waals surface area contributed by atoms with Gasteiger partial charge in [-0.15, -0.1) is 0 Å². The molecule has 0 bridgehead atoms. The minimum atomic E-state index is -1.81. The average molecular weight is 406 g/mol. The molecule has 0 aromatic heterocycles. The first-order chi connectivity index (χ1) is 13.0. The Bertz CT molecular complexity index is 957. The van der Waals surface area contributed by atoms with Gasteiger partial charge < -0.3 is 29.2 Å². The summed E-state index contributed by atoms with van der Waals surface area (Å²) in [4.78, 5) is 37.3. The largest absolute Gasteiger partial charge is 0.456 e. The van der Waals surface area contributed by atoms with Crippen molar-refractivity contribution in [3.05, 3.63) is 23.5 Å². The lowest BCUT2D eigenvalue weighted by molar-refractivity contribution is -0.191. The van der Waals surface area contributed by atoms with Crippen molar-refractivity contribution in [1.29, 1.82) is 0 Å². The molecule has 156 valence electrons. The Hall–Kier alpha value is -2.23. The van der Waals surface area contributed by atoms with Crippen LogP contribution in [0, 0.1) is 22.2 Å². The first-order valence-corrected chi connectivity index (χ1v) is 9.16. The molecular formula is C20H22O9. The van der Waals surface area contributed by atoms with Crippen molar-refractivity contribution in [3.8, 4) is 0 Å². The molecule has 3 unspecified atom stereocenters. The van der Waals surface area contributed by atoms with Gasteiger partial charge in [0, 0.05) is 17.6 Å². The standard InChI is InChI=1S/C19H18O9.CH4/c1-16(2,3)10-9(21)12-17-5-7-6(4-8(20)25-7)19(17,14(24)26-12)28-15-18(10,17)11(22)13(23)27-15;/h4-5,9-12,15,21-22H,1-3H3;1H4/t9-,10+,11+,12?,15+,17?,18?,19-;/m1./s1. The smallest absolute Gasteiger partial charge is 0.344 e. The van der Waals surface area contributed by atoms with Crippen LogP contribution in [-0.4, -0.2) is 58.3 Å². The number of hydrogen-bond acceptors (Lipinski definition) is 9. The molecule has 8 atom stereocenters. The number of carbonyl (C=O) groups excluding carboxylic acids is 3. The van der Waals surface area contributed by atoms with E-state index in [-0.39, 0.29) is 18.8 Å². The number of esters is 3. The summed E-state index contributed by atoms with van der Waals surface area (Å²) in [7, 11) is 0. The minimum absolute atomic E-state index is 0. The van der Waals surface area contributed by atoms with E-state index >= 15 is 0 Å². The van der Waals surface area contributed by atoms with E-state index in [0.717, 1.165) is 6.08 Å². The van der Waals surface area contributed by atoms with Crippen molar-refractivity contribution in [2.75, 3.05) is 0 Å².